The molecule has 1 amide bonds. The van der Waals surface area contributed by atoms with Crippen LogP contribution in [0.25, 0.3) is 11.0 Å². The van der Waals surface area contributed by atoms with Gasteiger partial charge in [0.2, 0.25) is 0 Å². The molecule has 0 atom stereocenters. The molecule has 27 heavy (non-hydrogen) atoms. The van der Waals surface area contributed by atoms with E-state index in [2.05, 4.69) is 15.3 Å². The topological polar surface area (TPSA) is 67.0 Å². The van der Waals surface area contributed by atoms with Gasteiger partial charge in [0.1, 0.15) is 11.6 Å². The Kier molecular flexibility index (Phi) is 5.05. The number of hydrogen-bond acceptors (Lipinski definition) is 3. The van der Waals surface area contributed by atoms with E-state index >= 15 is 0 Å². The molecular formula is C21H22FN3O2. The van der Waals surface area contributed by atoms with Crippen molar-refractivity contribution in [2.45, 2.75) is 32.1 Å². The number of para-hydroxylation sites is 2. The van der Waals surface area contributed by atoms with Crippen LogP contribution in [0.2, 0.25) is 0 Å². The fourth-order valence-corrected chi connectivity index (χ4v) is 3.52. The van der Waals surface area contributed by atoms with Gasteiger partial charge in [-0.05, 0) is 43.0 Å². The quantitative estimate of drug-likeness (QED) is 0.673. The van der Waals surface area contributed by atoms with Gasteiger partial charge in [-0.1, -0.05) is 31.4 Å². The van der Waals surface area contributed by atoms with Gasteiger partial charge in [0, 0.05) is 6.07 Å². The summed E-state index contributed by atoms with van der Waals surface area (Å²) in [4.78, 5) is 19.9. The van der Waals surface area contributed by atoms with Crippen LogP contribution < -0.4 is 10.1 Å². The number of fused-ring (bicyclic) bond motifs is 1. The normalized spacial score (nSPS) is 15.0. The lowest BCUT2D eigenvalue weighted by Crippen LogP contribution is -2.18. The molecular weight excluding hydrogens is 345 g/mol. The number of anilines is 1. The number of nitrogens with one attached hydrogen (secondary N) is 2. The number of hydrogen-bond donors (Lipinski definition) is 2. The second-order valence-electron chi connectivity index (χ2n) is 7.01. The van der Waals surface area contributed by atoms with Crippen LogP contribution in [0.3, 0.4) is 0 Å². The lowest BCUT2D eigenvalue weighted by molar-refractivity contribution is 0.101. The molecule has 0 unspecified atom stereocenters. The van der Waals surface area contributed by atoms with E-state index in [0.717, 1.165) is 23.9 Å². The Hall–Kier alpha value is -2.89. The molecule has 3 aromatic rings. The number of aromatic amines is 1. The molecule has 2 N–H and O–H groups in total. The summed E-state index contributed by atoms with van der Waals surface area (Å²) in [6.45, 7) is 0.539. The van der Waals surface area contributed by atoms with E-state index in [4.69, 9.17) is 4.74 Å². The molecule has 2 aromatic carbocycles. The molecule has 1 aromatic heterocycles. The third-order valence-corrected chi connectivity index (χ3v) is 5.00. The highest BCUT2D eigenvalue weighted by atomic mass is 19.1. The van der Waals surface area contributed by atoms with Crippen LogP contribution in [-0.4, -0.2) is 22.5 Å². The molecule has 6 heteroatoms. The van der Waals surface area contributed by atoms with E-state index in [9.17, 15) is 9.18 Å². The van der Waals surface area contributed by atoms with Crippen molar-refractivity contribution < 1.29 is 13.9 Å². The molecule has 5 nitrogen and oxygen atoms in total. The average molecular weight is 367 g/mol. The average Bonchev–Trinajstić information content (AvgIpc) is 3.13. The summed E-state index contributed by atoms with van der Waals surface area (Å²) in [5.41, 5.74) is 1.95. The van der Waals surface area contributed by atoms with E-state index in [1.54, 1.807) is 0 Å². The summed E-state index contributed by atoms with van der Waals surface area (Å²) in [5.74, 6) is 0.264. The Bertz CT molecular complexity index is 915. The van der Waals surface area contributed by atoms with Gasteiger partial charge in [-0.3, -0.25) is 4.79 Å². The van der Waals surface area contributed by atoms with Gasteiger partial charge in [0.05, 0.1) is 23.3 Å². The van der Waals surface area contributed by atoms with Crippen molar-refractivity contribution in [1.29, 1.82) is 0 Å². The van der Waals surface area contributed by atoms with Crippen molar-refractivity contribution in [1.82, 2.24) is 9.97 Å². The molecule has 1 fully saturated rings. The third-order valence-electron chi connectivity index (χ3n) is 5.00. The molecule has 0 aliphatic heterocycles. The fourth-order valence-electron chi connectivity index (χ4n) is 3.52. The van der Waals surface area contributed by atoms with Crippen LogP contribution in [-0.2, 0) is 0 Å². The predicted octanol–water partition coefficient (Wildman–Crippen LogP) is 4.91. The summed E-state index contributed by atoms with van der Waals surface area (Å²) in [6.07, 6.45) is 5.97. The Morgan fingerprint density at radius 2 is 2.00 bits per heavy atom. The summed E-state index contributed by atoms with van der Waals surface area (Å²) >= 11 is 0. The van der Waals surface area contributed by atoms with Gasteiger partial charge in [-0.15, -0.1) is 0 Å². The highest BCUT2D eigenvalue weighted by Crippen LogP contribution is 2.29. The largest absolute Gasteiger partial charge is 0.491 e. The van der Waals surface area contributed by atoms with Crippen LogP contribution in [0.5, 0.6) is 5.75 Å². The number of carbonyl (C=O) groups is 1. The first-order valence-electron chi connectivity index (χ1n) is 9.37. The number of imidazole rings is 1. The zero-order valence-electron chi connectivity index (χ0n) is 15.0. The molecule has 0 spiro atoms. The lowest BCUT2D eigenvalue weighted by Gasteiger charge is -2.22. The van der Waals surface area contributed by atoms with Crippen LogP contribution in [0, 0.1) is 11.7 Å². The number of carbonyl (C=O) groups excluding carboxylic acids is 1. The highest BCUT2D eigenvalue weighted by Gasteiger charge is 2.17. The molecule has 1 saturated carbocycles. The van der Waals surface area contributed by atoms with Crippen molar-refractivity contribution in [2.75, 3.05) is 11.9 Å². The van der Waals surface area contributed by atoms with Crippen molar-refractivity contribution in [3.05, 3.63) is 54.1 Å². The van der Waals surface area contributed by atoms with E-state index in [0.29, 0.717) is 24.0 Å². The maximum absolute atomic E-state index is 13.7. The van der Waals surface area contributed by atoms with Crippen molar-refractivity contribution in [3.8, 4) is 5.75 Å². The molecule has 0 radical (unpaired) electrons. The Balaban J connectivity index is 1.49. The Morgan fingerprint density at radius 1 is 1.19 bits per heavy atom. The minimum Gasteiger partial charge on any atom is -0.491 e. The lowest BCUT2D eigenvalue weighted by atomic mass is 9.90. The standard InChI is InChI=1S/C21H22FN3O2/c22-15-10-11-18(19(12-15)27-13-14-6-2-1-3-7-14)25-21(26)20-23-16-8-4-5-9-17(16)24-20/h4-5,8-12,14H,1-3,6-7,13H2,(H,23,24)(H,25,26). The number of amides is 1. The molecule has 1 heterocycles. The maximum Gasteiger partial charge on any atom is 0.291 e. The van der Waals surface area contributed by atoms with Crippen LogP contribution in [0.15, 0.2) is 42.5 Å². The van der Waals surface area contributed by atoms with Crippen LogP contribution >= 0.6 is 0 Å². The molecule has 0 bridgehead atoms. The Morgan fingerprint density at radius 3 is 2.81 bits per heavy atom. The van der Waals surface area contributed by atoms with Crippen LogP contribution in [0.1, 0.15) is 42.7 Å². The Labute approximate surface area is 157 Å². The van der Waals surface area contributed by atoms with Gasteiger partial charge in [-0.25, -0.2) is 9.37 Å². The first-order chi connectivity index (χ1) is 13.2. The monoisotopic (exact) mass is 367 g/mol. The number of rotatable bonds is 5. The number of nitrogens with zero attached hydrogens (tertiary/aromatic N) is 1. The van der Waals surface area contributed by atoms with E-state index < -0.39 is 5.82 Å². The first-order valence-corrected chi connectivity index (χ1v) is 9.37. The summed E-state index contributed by atoms with van der Waals surface area (Å²) in [7, 11) is 0. The molecule has 1 aliphatic rings. The van der Waals surface area contributed by atoms with E-state index in [-0.39, 0.29) is 11.7 Å². The van der Waals surface area contributed by atoms with Crippen LogP contribution in [0.4, 0.5) is 10.1 Å². The number of ether oxygens (including phenoxy) is 1. The summed E-state index contributed by atoms with van der Waals surface area (Å²) in [6, 6.07) is 11.6. The maximum atomic E-state index is 13.7. The van der Waals surface area contributed by atoms with Crippen molar-refractivity contribution >= 4 is 22.6 Å². The summed E-state index contributed by atoms with van der Waals surface area (Å²) < 4.78 is 19.6. The SMILES string of the molecule is O=C(Nc1ccc(F)cc1OCC1CCCCC1)c1nc2ccccc2[nH]1. The van der Waals surface area contributed by atoms with Gasteiger partial charge in [0.15, 0.2) is 5.82 Å². The van der Waals surface area contributed by atoms with Gasteiger partial charge in [-0.2, -0.15) is 0 Å². The highest BCUT2D eigenvalue weighted by molar-refractivity contribution is 6.04. The smallest absolute Gasteiger partial charge is 0.291 e. The molecule has 1 aliphatic carbocycles. The zero-order chi connectivity index (χ0) is 18.6. The minimum atomic E-state index is -0.393. The van der Waals surface area contributed by atoms with Gasteiger partial charge in [0.25, 0.3) is 5.91 Å². The predicted molar refractivity (Wildman–Crippen MR) is 103 cm³/mol. The van der Waals surface area contributed by atoms with Gasteiger partial charge < -0.3 is 15.0 Å². The first kappa shape index (κ1) is 17.5. The number of H-pyrrole nitrogens is 1. The molecule has 4 rings (SSSR count). The third kappa shape index (κ3) is 4.10. The molecule has 140 valence electrons. The van der Waals surface area contributed by atoms with Crippen molar-refractivity contribution in [3.63, 3.8) is 0 Å². The number of aromatic nitrogens is 2. The second kappa shape index (κ2) is 7.78. The van der Waals surface area contributed by atoms with E-state index in [1.807, 2.05) is 24.3 Å². The minimum absolute atomic E-state index is 0.207. The number of halogens is 1. The zero-order valence-corrected chi connectivity index (χ0v) is 15.0. The molecule has 0 saturated heterocycles. The van der Waals surface area contributed by atoms with Gasteiger partial charge >= 0.3 is 0 Å². The second-order valence-corrected chi connectivity index (χ2v) is 7.01. The number of benzene rings is 2. The van der Waals surface area contributed by atoms with E-state index in [1.165, 1.54) is 37.5 Å². The fraction of sp³-hybridized carbons (Fsp3) is 0.333. The summed E-state index contributed by atoms with van der Waals surface area (Å²) in [5, 5.41) is 2.78. The van der Waals surface area contributed by atoms with Crippen molar-refractivity contribution in [2.24, 2.45) is 5.92 Å².